The monoisotopic (exact) mass is 152 g/mol. The second-order valence-corrected chi connectivity index (χ2v) is 3.14. The lowest BCUT2D eigenvalue weighted by Gasteiger charge is -2.12. The van der Waals surface area contributed by atoms with Crippen molar-refractivity contribution in [2.45, 2.75) is 39.0 Å². The molecule has 0 aliphatic carbocycles. The molecule has 0 saturated carbocycles. The molecule has 1 N–H and O–H groups in total. The summed E-state index contributed by atoms with van der Waals surface area (Å²) in [6, 6.07) is 0. The molecule has 11 heavy (non-hydrogen) atoms. The van der Waals surface area contributed by atoms with Gasteiger partial charge >= 0.3 is 0 Å². The molecule has 1 nitrogen and oxygen atoms in total. The Morgan fingerprint density at radius 2 is 2.36 bits per heavy atom. The minimum absolute atomic E-state index is 1.04. The van der Waals surface area contributed by atoms with E-state index < -0.39 is 0 Å². The van der Waals surface area contributed by atoms with E-state index in [0.717, 1.165) is 13.0 Å². The minimum Gasteiger partial charge on any atom is -0.309 e. The Balaban J connectivity index is 2.09. The highest BCUT2D eigenvalue weighted by Gasteiger charge is 2.01. The highest BCUT2D eigenvalue weighted by Crippen LogP contribution is 2.15. The van der Waals surface area contributed by atoms with Crippen LogP contribution in [0.15, 0.2) is 11.6 Å². The Morgan fingerprint density at radius 3 is 3.00 bits per heavy atom. The van der Waals surface area contributed by atoms with Gasteiger partial charge in [0.05, 0.1) is 0 Å². The van der Waals surface area contributed by atoms with Crippen LogP contribution in [-0.4, -0.2) is 6.54 Å². The Hall–Kier alpha value is -0.300. The van der Waals surface area contributed by atoms with E-state index in [2.05, 4.69) is 24.9 Å². The zero-order valence-electron chi connectivity index (χ0n) is 7.40. The zero-order chi connectivity index (χ0) is 7.94. The molecule has 1 heteroatoms. The third kappa shape index (κ3) is 3.57. The van der Waals surface area contributed by atoms with E-state index in [1.807, 2.05) is 0 Å². The van der Waals surface area contributed by atoms with Crippen LogP contribution in [0.3, 0.4) is 0 Å². The average molecular weight is 152 g/mol. The standard InChI is InChI=1S/C10H18N/c1-2-3-4-5-10-6-8-11-9-7-10/h6,9,11H,2-5,7-8H2,1H3. The first kappa shape index (κ1) is 8.79. The summed E-state index contributed by atoms with van der Waals surface area (Å²) in [7, 11) is 0. The van der Waals surface area contributed by atoms with Gasteiger partial charge in [-0.2, -0.15) is 0 Å². The van der Waals surface area contributed by atoms with Gasteiger partial charge in [0.2, 0.25) is 0 Å². The molecular formula is C10H18N. The third-order valence-corrected chi connectivity index (χ3v) is 2.12. The molecule has 0 aromatic rings. The van der Waals surface area contributed by atoms with Crippen LogP contribution >= 0.6 is 0 Å². The quantitative estimate of drug-likeness (QED) is 0.482. The van der Waals surface area contributed by atoms with Gasteiger partial charge in [-0.15, -0.1) is 0 Å². The summed E-state index contributed by atoms with van der Waals surface area (Å²) in [5.74, 6) is 0. The zero-order valence-corrected chi connectivity index (χ0v) is 7.40. The SMILES string of the molecule is CCCCCC1=CCN[CH]C1. The van der Waals surface area contributed by atoms with Gasteiger partial charge in [-0.3, -0.25) is 0 Å². The molecule has 0 saturated heterocycles. The maximum atomic E-state index is 3.20. The van der Waals surface area contributed by atoms with Crippen LogP contribution in [0.1, 0.15) is 39.0 Å². The summed E-state index contributed by atoms with van der Waals surface area (Å²) in [4.78, 5) is 0. The van der Waals surface area contributed by atoms with Crippen molar-refractivity contribution in [2.75, 3.05) is 6.54 Å². The molecule has 0 bridgehead atoms. The van der Waals surface area contributed by atoms with Crippen molar-refractivity contribution < 1.29 is 0 Å². The predicted molar refractivity (Wildman–Crippen MR) is 49.1 cm³/mol. The molecule has 1 heterocycles. The molecule has 0 spiro atoms. The highest BCUT2D eigenvalue weighted by molar-refractivity contribution is 5.09. The summed E-state index contributed by atoms with van der Waals surface area (Å²) in [5.41, 5.74) is 1.62. The van der Waals surface area contributed by atoms with Gasteiger partial charge in [-0.25, -0.2) is 0 Å². The van der Waals surface area contributed by atoms with Crippen LogP contribution in [0.2, 0.25) is 0 Å². The molecule has 63 valence electrons. The number of hydrogen-bond donors (Lipinski definition) is 1. The first-order valence-corrected chi connectivity index (χ1v) is 4.66. The Morgan fingerprint density at radius 1 is 1.45 bits per heavy atom. The Labute approximate surface area is 69.9 Å². The van der Waals surface area contributed by atoms with Crippen LogP contribution in [-0.2, 0) is 0 Å². The van der Waals surface area contributed by atoms with E-state index in [1.165, 1.54) is 25.7 Å². The minimum atomic E-state index is 1.04. The molecule has 1 aliphatic rings. The van der Waals surface area contributed by atoms with E-state index in [1.54, 1.807) is 5.57 Å². The van der Waals surface area contributed by atoms with Crippen molar-refractivity contribution in [1.29, 1.82) is 0 Å². The van der Waals surface area contributed by atoms with E-state index in [-0.39, 0.29) is 0 Å². The molecule has 1 aliphatic heterocycles. The fourth-order valence-corrected chi connectivity index (χ4v) is 1.38. The fraction of sp³-hybridized carbons (Fsp3) is 0.700. The second kappa shape index (κ2) is 5.36. The molecule has 0 aromatic heterocycles. The first-order chi connectivity index (χ1) is 5.43. The van der Waals surface area contributed by atoms with Crippen LogP contribution < -0.4 is 5.32 Å². The molecule has 0 fully saturated rings. The predicted octanol–water partition coefficient (Wildman–Crippen LogP) is 2.65. The molecule has 0 amide bonds. The smallest absolute Gasteiger partial charge is 0.0264 e. The summed E-state index contributed by atoms with van der Waals surface area (Å²) >= 11 is 0. The van der Waals surface area contributed by atoms with Gasteiger partial charge in [0.1, 0.15) is 0 Å². The summed E-state index contributed by atoms with van der Waals surface area (Å²) in [5, 5.41) is 3.20. The lowest BCUT2D eigenvalue weighted by molar-refractivity contribution is 0.680. The largest absolute Gasteiger partial charge is 0.309 e. The second-order valence-electron chi connectivity index (χ2n) is 3.14. The van der Waals surface area contributed by atoms with Crippen LogP contribution in [0, 0.1) is 6.54 Å². The lowest BCUT2D eigenvalue weighted by Crippen LogP contribution is -2.15. The topological polar surface area (TPSA) is 12.0 Å². The molecular weight excluding hydrogens is 134 g/mol. The van der Waals surface area contributed by atoms with Crippen molar-refractivity contribution in [3.63, 3.8) is 0 Å². The highest BCUT2D eigenvalue weighted by atomic mass is 14.8. The number of nitrogens with one attached hydrogen (secondary N) is 1. The van der Waals surface area contributed by atoms with Gasteiger partial charge < -0.3 is 5.32 Å². The molecule has 1 radical (unpaired) electrons. The molecule has 1 rings (SSSR count). The number of rotatable bonds is 4. The summed E-state index contributed by atoms with van der Waals surface area (Å²) in [6.07, 6.45) is 8.88. The molecule has 0 atom stereocenters. The Kier molecular flexibility index (Phi) is 4.29. The van der Waals surface area contributed by atoms with E-state index in [4.69, 9.17) is 0 Å². The first-order valence-electron chi connectivity index (χ1n) is 4.66. The van der Waals surface area contributed by atoms with Crippen LogP contribution in [0.4, 0.5) is 0 Å². The van der Waals surface area contributed by atoms with Crippen LogP contribution in [0.5, 0.6) is 0 Å². The van der Waals surface area contributed by atoms with Crippen molar-refractivity contribution >= 4 is 0 Å². The van der Waals surface area contributed by atoms with Crippen molar-refractivity contribution in [3.05, 3.63) is 18.2 Å². The normalized spacial score (nSPS) is 18.1. The van der Waals surface area contributed by atoms with E-state index >= 15 is 0 Å². The number of hydrogen-bond acceptors (Lipinski definition) is 1. The lowest BCUT2D eigenvalue weighted by atomic mass is 10.0. The fourth-order valence-electron chi connectivity index (χ4n) is 1.38. The number of unbranched alkanes of at least 4 members (excludes halogenated alkanes) is 2. The molecule has 0 aromatic carbocycles. The van der Waals surface area contributed by atoms with Gasteiger partial charge in [0, 0.05) is 13.1 Å². The Bertz CT molecular complexity index is 127. The van der Waals surface area contributed by atoms with Crippen molar-refractivity contribution in [2.24, 2.45) is 0 Å². The summed E-state index contributed by atoms with van der Waals surface area (Å²) in [6.45, 7) is 5.46. The average Bonchev–Trinajstić information content (AvgIpc) is 2.07. The van der Waals surface area contributed by atoms with Crippen molar-refractivity contribution in [1.82, 2.24) is 5.32 Å². The summed E-state index contributed by atoms with van der Waals surface area (Å²) < 4.78 is 0. The van der Waals surface area contributed by atoms with Crippen LogP contribution in [0.25, 0.3) is 0 Å². The molecule has 0 unspecified atom stereocenters. The maximum Gasteiger partial charge on any atom is 0.0264 e. The van der Waals surface area contributed by atoms with Gasteiger partial charge in [-0.05, 0) is 19.3 Å². The van der Waals surface area contributed by atoms with Crippen molar-refractivity contribution in [3.8, 4) is 0 Å². The third-order valence-electron chi connectivity index (χ3n) is 2.12. The maximum absolute atomic E-state index is 3.20. The van der Waals surface area contributed by atoms with E-state index in [0.29, 0.717) is 0 Å². The van der Waals surface area contributed by atoms with E-state index in [9.17, 15) is 0 Å². The van der Waals surface area contributed by atoms with Gasteiger partial charge in [0.25, 0.3) is 0 Å². The van der Waals surface area contributed by atoms with Gasteiger partial charge in [-0.1, -0.05) is 31.4 Å². The van der Waals surface area contributed by atoms with Gasteiger partial charge in [0.15, 0.2) is 0 Å².